The van der Waals surface area contributed by atoms with Crippen molar-refractivity contribution in [3.8, 4) is 0 Å². The number of fused-ring (bicyclic) bond motifs is 1. The van der Waals surface area contributed by atoms with Crippen LogP contribution < -0.4 is 5.32 Å². The molecule has 3 rings (SSSR count). The Balaban J connectivity index is 1.64. The molecule has 0 bridgehead atoms. The van der Waals surface area contributed by atoms with Crippen molar-refractivity contribution in [1.29, 1.82) is 0 Å². The number of rotatable bonds is 2. The minimum absolute atomic E-state index is 0.329. The monoisotopic (exact) mass is 258 g/mol. The van der Waals surface area contributed by atoms with Crippen LogP contribution in [0, 0.1) is 5.92 Å². The van der Waals surface area contributed by atoms with Crippen molar-refractivity contribution in [3.05, 3.63) is 29.8 Å². The number of hydrogen-bond donors (Lipinski definition) is 1. The Bertz CT molecular complexity index is 472. The van der Waals surface area contributed by atoms with Crippen LogP contribution in [-0.4, -0.2) is 30.4 Å². The summed E-state index contributed by atoms with van der Waals surface area (Å²) >= 11 is 0. The van der Waals surface area contributed by atoms with E-state index >= 15 is 0 Å². The van der Waals surface area contributed by atoms with Gasteiger partial charge in [0, 0.05) is 37.7 Å². The number of nitrogens with one attached hydrogen (secondary N) is 1. The average molecular weight is 258 g/mol. The fourth-order valence-corrected chi connectivity index (χ4v) is 3.30. The van der Waals surface area contributed by atoms with Gasteiger partial charge >= 0.3 is 0 Å². The molecule has 0 aliphatic carbocycles. The molecule has 2 aliphatic heterocycles. The topological polar surface area (TPSA) is 32.3 Å². The molecule has 0 saturated carbocycles. The predicted molar refractivity (Wildman–Crippen MR) is 77.3 cm³/mol. The Kier molecular flexibility index (Phi) is 3.45. The lowest BCUT2D eigenvalue weighted by atomic mass is 9.95. The molecule has 3 heteroatoms. The van der Waals surface area contributed by atoms with Crippen molar-refractivity contribution < 1.29 is 4.79 Å². The Morgan fingerprint density at radius 1 is 1.42 bits per heavy atom. The number of piperidine rings is 1. The van der Waals surface area contributed by atoms with E-state index in [1.807, 2.05) is 6.07 Å². The number of benzene rings is 1. The molecule has 2 aliphatic rings. The molecule has 1 aromatic rings. The first-order valence-electron chi connectivity index (χ1n) is 7.34. The number of para-hydroxylation sites is 1. The van der Waals surface area contributed by atoms with Gasteiger partial charge in [0.2, 0.25) is 5.91 Å². The van der Waals surface area contributed by atoms with Crippen LogP contribution in [0.1, 0.15) is 37.7 Å². The lowest BCUT2D eigenvalue weighted by Crippen LogP contribution is -2.39. The maximum Gasteiger partial charge on any atom is 0.223 e. The smallest absolute Gasteiger partial charge is 0.223 e. The van der Waals surface area contributed by atoms with E-state index in [-0.39, 0.29) is 0 Å². The molecule has 1 N–H and O–H groups in total. The molecule has 102 valence electrons. The summed E-state index contributed by atoms with van der Waals surface area (Å²) in [6.07, 6.45) is 3.07. The molecule has 0 aromatic heterocycles. The van der Waals surface area contributed by atoms with Crippen LogP contribution in [0.25, 0.3) is 0 Å². The first-order valence-corrected chi connectivity index (χ1v) is 7.34. The standard InChI is InChI=1S/C16H22N2O/c1-12-5-4-8-18(11-12)16(19)9-13-10-17-15-7-3-2-6-14(13)15/h2-3,6-7,12-13,17H,4-5,8-11H2,1H3. The van der Waals surface area contributed by atoms with Crippen molar-refractivity contribution in [1.82, 2.24) is 4.90 Å². The van der Waals surface area contributed by atoms with Gasteiger partial charge in [-0.3, -0.25) is 4.79 Å². The van der Waals surface area contributed by atoms with E-state index in [0.29, 0.717) is 24.2 Å². The number of likely N-dealkylation sites (tertiary alicyclic amines) is 1. The highest BCUT2D eigenvalue weighted by Crippen LogP contribution is 2.33. The van der Waals surface area contributed by atoms with Gasteiger partial charge in [-0.05, 0) is 30.4 Å². The maximum atomic E-state index is 12.4. The summed E-state index contributed by atoms with van der Waals surface area (Å²) in [6.45, 7) is 5.03. The predicted octanol–water partition coefficient (Wildman–Crippen LogP) is 2.84. The number of hydrogen-bond acceptors (Lipinski definition) is 2. The van der Waals surface area contributed by atoms with Crippen LogP contribution >= 0.6 is 0 Å². The summed E-state index contributed by atoms with van der Waals surface area (Å²) in [6, 6.07) is 8.35. The molecule has 3 nitrogen and oxygen atoms in total. The second kappa shape index (κ2) is 5.24. The molecule has 2 unspecified atom stereocenters. The molecule has 0 radical (unpaired) electrons. The first-order chi connectivity index (χ1) is 9.24. The zero-order chi connectivity index (χ0) is 13.2. The zero-order valence-electron chi connectivity index (χ0n) is 11.6. The van der Waals surface area contributed by atoms with Crippen LogP contribution in [0.15, 0.2) is 24.3 Å². The van der Waals surface area contributed by atoms with E-state index in [9.17, 15) is 4.79 Å². The molecular formula is C16H22N2O. The van der Waals surface area contributed by atoms with Gasteiger partial charge in [-0.1, -0.05) is 25.1 Å². The highest BCUT2D eigenvalue weighted by atomic mass is 16.2. The second-order valence-corrected chi connectivity index (χ2v) is 5.96. The third-order valence-corrected chi connectivity index (χ3v) is 4.37. The zero-order valence-corrected chi connectivity index (χ0v) is 11.6. The number of carbonyl (C=O) groups is 1. The minimum atomic E-state index is 0.329. The minimum Gasteiger partial charge on any atom is -0.384 e. The summed E-state index contributed by atoms with van der Waals surface area (Å²) in [7, 11) is 0. The highest BCUT2D eigenvalue weighted by molar-refractivity contribution is 5.78. The maximum absolute atomic E-state index is 12.4. The number of nitrogens with zero attached hydrogens (tertiary/aromatic N) is 1. The first kappa shape index (κ1) is 12.5. The molecule has 2 heterocycles. The van der Waals surface area contributed by atoms with Crippen molar-refractivity contribution in [2.75, 3.05) is 25.0 Å². The summed E-state index contributed by atoms with van der Waals surface area (Å²) in [5.41, 5.74) is 2.51. The van der Waals surface area contributed by atoms with Gasteiger partial charge in [0.25, 0.3) is 0 Å². The van der Waals surface area contributed by atoms with Gasteiger partial charge in [0.05, 0.1) is 0 Å². The molecule has 0 spiro atoms. The normalized spacial score (nSPS) is 25.8. The van der Waals surface area contributed by atoms with Crippen molar-refractivity contribution >= 4 is 11.6 Å². The fourth-order valence-electron chi connectivity index (χ4n) is 3.30. The molecule has 2 atom stereocenters. The number of amides is 1. The van der Waals surface area contributed by atoms with Crippen LogP contribution in [0.4, 0.5) is 5.69 Å². The Labute approximate surface area is 115 Å². The lowest BCUT2D eigenvalue weighted by Gasteiger charge is -2.31. The summed E-state index contributed by atoms with van der Waals surface area (Å²) in [4.78, 5) is 14.5. The van der Waals surface area contributed by atoms with E-state index in [0.717, 1.165) is 26.1 Å². The van der Waals surface area contributed by atoms with Crippen molar-refractivity contribution in [2.45, 2.75) is 32.1 Å². The molecule has 19 heavy (non-hydrogen) atoms. The third kappa shape index (κ3) is 2.60. The van der Waals surface area contributed by atoms with E-state index in [1.54, 1.807) is 0 Å². The molecule has 1 fully saturated rings. The van der Waals surface area contributed by atoms with Crippen LogP contribution in [0.3, 0.4) is 0 Å². The highest BCUT2D eigenvalue weighted by Gasteiger charge is 2.27. The van der Waals surface area contributed by atoms with E-state index in [4.69, 9.17) is 0 Å². The van der Waals surface area contributed by atoms with Gasteiger partial charge in [-0.15, -0.1) is 0 Å². The molecule has 1 saturated heterocycles. The Hall–Kier alpha value is -1.51. The van der Waals surface area contributed by atoms with E-state index in [2.05, 4.69) is 35.3 Å². The SMILES string of the molecule is CC1CCCN(C(=O)CC2CNc3ccccc32)C1. The molecule has 1 aromatic carbocycles. The quantitative estimate of drug-likeness (QED) is 0.884. The molecule has 1 amide bonds. The van der Waals surface area contributed by atoms with Crippen molar-refractivity contribution in [3.63, 3.8) is 0 Å². The number of anilines is 1. The van der Waals surface area contributed by atoms with Gasteiger partial charge in [-0.2, -0.15) is 0 Å². The van der Waals surface area contributed by atoms with Gasteiger partial charge in [-0.25, -0.2) is 0 Å². The fraction of sp³-hybridized carbons (Fsp3) is 0.562. The second-order valence-electron chi connectivity index (χ2n) is 5.96. The van der Waals surface area contributed by atoms with Gasteiger partial charge < -0.3 is 10.2 Å². The third-order valence-electron chi connectivity index (χ3n) is 4.37. The van der Waals surface area contributed by atoms with Crippen LogP contribution in [0.5, 0.6) is 0 Å². The Morgan fingerprint density at radius 2 is 2.26 bits per heavy atom. The van der Waals surface area contributed by atoms with Crippen LogP contribution in [-0.2, 0) is 4.79 Å². The van der Waals surface area contributed by atoms with E-state index < -0.39 is 0 Å². The average Bonchev–Trinajstić information content (AvgIpc) is 2.82. The number of carbonyl (C=O) groups excluding carboxylic acids is 1. The lowest BCUT2D eigenvalue weighted by molar-refractivity contribution is -0.133. The largest absolute Gasteiger partial charge is 0.384 e. The van der Waals surface area contributed by atoms with E-state index in [1.165, 1.54) is 17.7 Å². The Morgan fingerprint density at radius 3 is 3.11 bits per heavy atom. The summed E-state index contributed by atoms with van der Waals surface area (Å²) in [5.74, 6) is 1.34. The van der Waals surface area contributed by atoms with Gasteiger partial charge in [0.1, 0.15) is 0 Å². The molecular weight excluding hydrogens is 236 g/mol. The summed E-state index contributed by atoms with van der Waals surface area (Å²) < 4.78 is 0. The van der Waals surface area contributed by atoms with Gasteiger partial charge in [0.15, 0.2) is 0 Å². The van der Waals surface area contributed by atoms with Crippen LogP contribution in [0.2, 0.25) is 0 Å². The summed E-state index contributed by atoms with van der Waals surface area (Å²) in [5, 5.41) is 3.40. The van der Waals surface area contributed by atoms with Crippen molar-refractivity contribution in [2.24, 2.45) is 5.92 Å².